The number of hydrogen-bond donors (Lipinski definition) is 1. The molecule has 0 fully saturated rings. The van der Waals surface area contributed by atoms with E-state index in [0.717, 1.165) is 6.54 Å². The molecule has 0 aliphatic rings. The summed E-state index contributed by atoms with van der Waals surface area (Å²) in [5, 5.41) is 6.04. The van der Waals surface area contributed by atoms with Crippen molar-refractivity contribution in [3.8, 4) is 22.1 Å². The van der Waals surface area contributed by atoms with E-state index in [0.29, 0.717) is 62.2 Å². The molecule has 1 heterocycles. The number of nitrogens with zero attached hydrogens (tertiary/aromatic N) is 2. The maximum Gasteiger partial charge on any atom is 0.275 e. The Bertz CT molecular complexity index is 1130. The minimum absolute atomic E-state index is 0.291. The summed E-state index contributed by atoms with van der Waals surface area (Å²) >= 11 is 13.7. The highest BCUT2D eigenvalue weighted by molar-refractivity contribution is 7.13. The molecule has 1 amide bonds. The van der Waals surface area contributed by atoms with E-state index in [1.807, 2.05) is 6.07 Å². The van der Waals surface area contributed by atoms with Crippen molar-refractivity contribution in [1.82, 2.24) is 9.88 Å². The molecule has 0 aliphatic heterocycles. The van der Waals surface area contributed by atoms with Gasteiger partial charge in [-0.2, -0.15) is 0 Å². The molecule has 3 aromatic rings. The molecule has 3 rings (SSSR count). The van der Waals surface area contributed by atoms with Crippen LogP contribution in [-0.4, -0.2) is 48.1 Å². The summed E-state index contributed by atoms with van der Waals surface area (Å²) in [7, 11) is 1.59. The predicted octanol–water partition coefficient (Wildman–Crippen LogP) is 6.88. The highest BCUT2D eigenvalue weighted by atomic mass is 35.5. The number of rotatable bonds is 10. The number of halogens is 2. The third kappa shape index (κ3) is 6.42. The fraction of sp³-hybridized carbons (Fsp3) is 0.360. The van der Waals surface area contributed by atoms with Gasteiger partial charge in [-0.3, -0.25) is 9.69 Å². The highest BCUT2D eigenvalue weighted by Crippen LogP contribution is 2.35. The van der Waals surface area contributed by atoms with Crippen LogP contribution in [0.5, 0.6) is 11.5 Å². The van der Waals surface area contributed by atoms with Gasteiger partial charge in [0.1, 0.15) is 17.3 Å². The minimum atomic E-state index is -0.331. The number of amides is 1. The minimum Gasteiger partial charge on any atom is -0.493 e. The summed E-state index contributed by atoms with van der Waals surface area (Å²) in [6, 6.07) is 11.5. The van der Waals surface area contributed by atoms with Crippen molar-refractivity contribution in [3.63, 3.8) is 0 Å². The fourth-order valence-electron chi connectivity index (χ4n) is 3.61. The van der Waals surface area contributed by atoms with Crippen molar-refractivity contribution in [2.75, 3.05) is 25.6 Å². The number of ether oxygens (including phenoxy) is 2. The maximum absolute atomic E-state index is 12.8. The van der Waals surface area contributed by atoms with E-state index in [2.05, 4.69) is 42.9 Å². The molecule has 0 spiro atoms. The first kappa shape index (κ1) is 26.3. The van der Waals surface area contributed by atoms with Crippen molar-refractivity contribution in [1.29, 1.82) is 0 Å². The molecule has 0 radical (unpaired) electrons. The molecule has 34 heavy (non-hydrogen) atoms. The van der Waals surface area contributed by atoms with Crippen LogP contribution >= 0.6 is 34.5 Å². The van der Waals surface area contributed by atoms with Crippen LogP contribution in [0.4, 0.5) is 5.69 Å². The van der Waals surface area contributed by atoms with Gasteiger partial charge in [0.05, 0.1) is 17.2 Å². The first-order chi connectivity index (χ1) is 16.2. The number of thiazole rings is 1. The standard InChI is InChI=1S/C25H29Cl2N3O3S/c1-15(2)30(16(3)4)11-12-33-22-13-17(9-10-21(22)32-5)28-24(31)20-14-34-25(29-20)18-7-6-8-19(26)23(18)27/h6-10,13-16H,11-12H2,1-5H3,(H,28,31). The molecule has 0 saturated carbocycles. The van der Waals surface area contributed by atoms with Crippen molar-refractivity contribution in [3.05, 3.63) is 57.5 Å². The van der Waals surface area contributed by atoms with Gasteiger partial charge < -0.3 is 14.8 Å². The van der Waals surface area contributed by atoms with Crippen LogP contribution in [0.3, 0.4) is 0 Å². The smallest absolute Gasteiger partial charge is 0.275 e. The van der Waals surface area contributed by atoms with Crippen molar-refractivity contribution < 1.29 is 14.3 Å². The topological polar surface area (TPSA) is 63.7 Å². The molecule has 6 nitrogen and oxygen atoms in total. The lowest BCUT2D eigenvalue weighted by Crippen LogP contribution is -2.39. The first-order valence-corrected chi connectivity index (χ1v) is 12.6. The summed E-state index contributed by atoms with van der Waals surface area (Å²) in [6.07, 6.45) is 0. The molecule has 0 unspecified atom stereocenters. The summed E-state index contributed by atoms with van der Waals surface area (Å²) in [4.78, 5) is 19.6. The monoisotopic (exact) mass is 521 g/mol. The van der Waals surface area contributed by atoms with Gasteiger partial charge in [0.25, 0.3) is 5.91 Å². The number of benzene rings is 2. The molecular weight excluding hydrogens is 493 g/mol. The number of nitrogens with one attached hydrogen (secondary N) is 1. The van der Waals surface area contributed by atoms with Gasteiger partial charge >= 0.3 is 0 Å². The van der Waals surface area contributed by atoms with Gasteiger partial charge in [-0.25, -0.2) is 4.98 Å². The average molecular weight is 522 g/mol. The molecule has 0 atom stereocenters. The molecule has 0 aliphatic carbocycles. The molecular formula is C25H29Cl2N3O3S. The second-order valence-corrected chi connectivity index (χ2v) is 9.88. The van der Waals surface area contributed by atoms with Crippen LogP contribution in [0.1, 0.15) is 38.2 Å². The summed E-state index contributed by atoms with van der Waals surface area (Å²) in [5.74, 6) is 0.838. The quantitative estimate of drug-likeness (QED) is 0.315. The number of aromatic nitrogens is 1. The number of hydrogen-bond acceptors (Lipinski definition) is 6. The van der Waals surface area contributed by atoms with Crippen molar-refractivity contribution >= 4 is 46.1 Å². The van der Waals surface area contributed by atoms with Crippen LogP contribution in [0.2, 0.25) is 10.0 Å². The zero-order valence-electron chi connectivity index (χ0n) is 19.9. The second kappa shape index (κ2) is 11.9. The lowest BCUT2D eigenvalue weighted by molar-refractivity contribution is 0.102. The number of methoxy groups -OCH3 is 1. The lowest BCUT2D eigenvalue weighted by Gasteiger charge is -2.30. The molecule has 182 valence electrons. The van der Waals surface area contributed by atoms with Crippen molar-refractivity contribution in [2.45, 2.75) is 39.8 Å². The predicted molar refractivity (Wildman–Crippen MR) is 141 cm³/mol. The second-order valence-electron chi connectivity index (χ2n) is 8.23. The van der Waals surface area contributed by atoms with Crippen LogP contribution in [0.25, 0.3) is 10.6 Å². The molecule has 2 aromatic carbocycles. The van der Waals surface area contributed by atoms with E-state index >= 15 is 0 Å². The largest absolute Gasteiger partial charge is 0.493 e. The van der Waals surface area contributed by atoms with E-state index < -0.39 is 0 Å². The van der Waals surface area contributed by atoms with E-state index in [9.17, 15) is 4.79 Å². The third-order valence-electron chi connectivity index (χ3n) is 5.27. The number of carbonyl (C=O) groups excluding carboxylic acids is 1. The maximum atomic E-state index is 12.8. The summed E-state index contributed by atoms with van der Waals surface area (Å²) in [5.41, 5.74) is 1.56. The number of carbonyl (C=O) groups is 1. The zero-order valence-corrected chi connectivity index (χ0v) is 22.2. The van der Waals surface area contributed by atoms with Crippen LogP contribution in [-0.2, 0) is 0 Å². The Morgan fingerprint density at radius 3 is 2.53 bits per heavy atom. The van der Waals surface area contributed by atoms with Gasteiger partial charge in [0.15, 0.2) is 11.5 Å². The van der Waals surface area contributed by atoms with Gasteiger partial charge in [0.2, 0.25) is 0 Å². The van der Waals surface area contributed by atoms with E-state index in [-0.39, 0.29) is 5.91 Å². The Kier molecular flexibility index (Phi) is 9.19. The fourth-order valence-corrected chi connectivity index (χ4v) is 4.88. The normalized spacial score (nSPS) is 11.4. The van der Waals surface area contributed by atoms with Crippen LogP contribution in [0, 0.1) is 0 Å². The molecule has 0 bridgehead atoms. The van der Waals surface area contributed by atoms with Gasteiger partial charge in [-0.15, -0.1) is 11.3 Å². The van der Waals surface area contributed by atoms with Gasteiger partial charge in [0, 0.05) is 41.3 Å². The van der Waals surface area contributed by atoms with E-state index in [4.69, 9.17) is 32.7 Å². The highest BCUT2D eigenvalue weighted by Gasteiger charge is 2.17. The molecule has 9 heteroatoms. The average Bonchev–Trinajstić information content (AvgIpc) is 3.28. The molecule has 1 N–H and O–H groups in total. The zero-order chi connectivity index (χ0) is 24.8. The summed E-state index contributed by atoms with van der Waals surface area (Å²) < 4.78 is 11.4. The first-order valence-electron chi connectivity index (χ1n) is 11.0. The Labute approximate surface area is 214 Å². The van der Waals surface area contributed by atoms with Gasteiger partial charge in [-0.05, 0) is 45.9 Å². The van der Waals surface area contributed by atoms with Gasteiger partial charge in [-0.1, -0.05) is 35.3 Å². The van der Waals surface area contributed by atoms with Crippen molar-refractivity contribution in [2.24, 2.45) is 0 Å². The summed E-state index contributed by atoms with van der Waals surface area (Å²) in [6.45, 7) is 9.95. The third-order valence-corrected chi connectivity index (χ3v) is 6.97. The van der Waals surface area contributed by atoms with Crippen LogP contribution in [0.15, 0.2) is 41.8 Å². The lowest BCUT2D eigenvalue weighted by atomic mass is 10.2. The Hall–Kier alpha value is -2.32. The van der Waals surface area contributed by atoms with E-state index in [1.165, 1.54) is 11.3 Å². The number of anilines is 1. The Morgan fingerprint density at radius 1 is 1.12 bits per heavy atom. The van der Waals surface area contributed by atoms with Crippen LogP contribution < -0.4 is 14.8 Å². The molecule has 0 saturated heterocycles. The van der Waals surface area contributed by atoms with E-state index in [1.54, 1.807) is 42.8 Å². The SMILES string of the molecule is COc1ccc(NC(=O)c2csc(-c3cccc(Cl)c3Cl)n2)cc1OCCN(C(C)C)C(C)C. The Balaban J connectivity index is 1.70. The Morgan fingerprint density at radius 2 is 1.85 bits per heavy atom. The molecule has 1 aromatic heterocycles.